The predicted octanol–water partition coefficient (Wildman–Crippen LogP) is 4.56. The fraction of sp³-hybridized carbons (Fsp3) is 0.263. The van der Waals surface area contributed by atoms with Crippen molar-refractivity contribution in [3.63, 3.8) is 0 Å². The van der Waals surface area contributed by atoms with Crippen molar-refractivity contribution in [3.05, 3.63) is 57.5 Å². The summed E-state index contributed by atoms with van der Waals surface area (Å²) in [6, 6.07) is 6.46. The number of allylic oxidation sites excluding steroid dienone is 2. The molecule has 0 fully saturated rings. The number of halogens is 3. The first-order valence-electron chi connectivity index (χ1n) is 8.23. The van der Waals surface area contributed by atoms with Crippen LogP contribution < -0.4 is 5.73 Å². The molecule has 1 aliphatic rings. The van der Waals surface area contributed by atoms with Crippen LogP contribution in [-0.2, 0) is 20.4 Å². The highest BCUT2D eigenvalue weighted by Crippen LogP contribution is 2.47. The lowest BCUT2D eigenvalue weighted by Gasteiger charge is -2.27. The minimum Gasteiger partial charge on any atom is -0.463 e. The molecule has 0 radical (unpaired) electrons. The number of esters is 1. The molecule has 3 rings (SSSR count). The number of hydrogen-bond donors (Lipinski definition) is 1. The van der Waals surface area contributed by atoms with E-state index in [0.717, 1.165) is 16.7 Å². The number of fused-ring (bicyclic) bond motifs is 1. The maximum absolute atomic E-state index is 13.6. The van der Waals surface area contributed by atoms with E-state index < -0.39 is 23.6 Å². The molecule has 1 atom stereocenters. The van der Waals surface area contributed by atoms with E-state index in [4.69, 9.17) is 15.2 Å². The van der Waals surface area contributed by atoms with Crippen molar-refractivity contribution in [1.82, 2.24) is 0 Å². The monoisotopic (exact) mass is 408 g/mol. The summed E-state index contributed by atoms with van der Waals surface area (Å²) < 4.78 is 51.5. The Hall–Kier alpha value is -2.99. The number of nitriles is 1. The highest BCUT2D eigenvalue weighted by atomic mass is 32.1. The highest BCUT2D eigenvalue weighted by Gasteiger charge is 2.40. The average Bonchev–Trinajstić information content (AvgIpc) is 3.05. The van der Waals surface area contributed by atoms with Gasteiger partial charge in [-0.2, -0.15) is 18.4 Å². The Morgan fingerprint density at radius 3 is 2.75 bits per heavy atom. The van der Waals surface area contributed by atoms with Gasteiger partial charge in [0.15, 0.2) is 0 Å². The number of rotatable bonds is 3. The third-order valence-electron chi connectivity index (χ3n) is 4.35. The van der Waals surface area contributed by atoms with E-state index in [1.807, 2.05) is 6.07 Å². The zero-order chi connectivity index (χ0) is 20.6. The largest absolute Gasteiger partial charge is 0.463 e. The van der Waals surface area contributed by atoms with Crippen LogP contribution in [0, 0.1) is 11.3 Å². The lowest BCUT2D eigenvalue weighted by atomic mass is 9.81. The number of hydrogen-bond acceptors (Lipinski definition) is 6. The van der Waals surface area contributed by atoms with Crippen molar-refractivity contribution in [2.24, 2.45) is 5.73 Å². The van der Waals surface area contributed by atoms with Crippen LogP contribution in [0.15, 0.2) is 46.4 Å². The molecule has 1 unspecified atom stereocenters. The number of carbonyl (C=O) groups is 1. The van der Waals surface area contributed by atoms with E-state index in [-0.39, 0.29) is 40.3 Å². The Morgan fingerprint density at radius 2 is 2.14 bits per heavy atom. The molecule has 2 N–H and O–H groups in total. The van der Waals surface area contributed by atoms with Crippen molar-refractivity contribution in [2.45, 2.75) is 25.9 Å². The molecule has 0 bridgehead atoms. The quantitative estimate of drug-likeness (QED) is 0.753. The number of alkyl halides is 3. The molecule has 28 heavy (non-hydrogen) atoms. The Morgan fingerprint density at radius 1 is 1.43 bits per heavy atom. The van der Waals surface area contributed by atoms with Gasteiger partial charge in [0.1, 0.15) is 17.4 Å². The van der Waals surface area contributed by atoms with E-state index in [1.165, 1.54) is 13.0 Å². The normalized spacial score (nSPS) is 17.5. The summed E-state index contributed by atoms with van der Waals surface area (Å²) in [7, 11) is 0. The first-order valence-corrected chi connectivity index (χ1v) is 9.11. The molecule has 0 amide bonds. The van der Waals surface area contributed by atoms with Gasteiger partial charge in [-0.1, -0.05) is 12.1 Å². The molecule has 0 spiro atoms. The maximum atomic E-state index is 13.6. The van der Waals surface area contributed by atoms with Gasteiger partial charge in [-0.15, -0.1) is 11.3 Å². The number of nitrogens with zero attached hydrogens (tertiary/aromatic N) is 1. The summed E-state index contributed by atoms with van der Waals surface area (Å²) in [6.45, 7) is 3.11. The summed E-state index contributed by atoms with van der Waals surface area (Å²) in [5, 5.41) is 10.6. The van der Waals surface area contributed by atoms with Gasteiger partial charge in [0.25, 0.3) is 0 Å². The minimum absolute atomic E-state index is 0.0422. The van der Waals surface area contributed by atoms with Gasteiger partial charge >= 0.3 is 12.1 Å². The average molecular weight is 408 g/mol. The Kier molecular flexibility index (Phi) is 5.08. The molecular formula is C19H15F3N2O3S. The zero-order valence-corrected chi connectivity index (χ0v) is 15.7. The first-order chi connectivity index (χ1) is 13.2. The zero-order valence-electron chi connectivity index (χ0n) is 14.9. The highest BCUT2D eigenvalue weighted by molar-refractivity contribution is 7.17. The van der Waals surface area contributed by atoms with Crippen molar-refractivity contribution >= 4 is 27.4 Å². The summed E-state index contributed by atoms with van der Waals surface area (Å²) in [5.41, 5.74) is 4.96. The van der Waals surface area contributed by atoms with Crippen LogP contribution in [0.5, 0.6) is 0 Å². The lowest BCUT2D eigenvalue weighted by molar-refractivity contribution is -0.139. The number of benzene rings is 1. The molecule has 0 saturated heterocycles. The molecule has 146 valence electrons. The van der Waals surface area contributed by atoms with Gasteiger partial charge in [0.05, 0.1) is 23.7 Å². The third kappa shape index (κ3) is 3.20. The van der Waals surface area contributed by atoms with Crippen LogP contribution in [0.3, 0.4) is 0 Å². The van der Waals surface area contributed by atoms with Gasteiger partial charge in [-0.3, -0.25) is 0 Å². The Labute approximate surface area is 162 Å². The molecule has 1 aromatic carbocycles. The van der Waals surface area contributed by atoms with E-state index in [0.29, 0.717) is 4.70 Å². The van der Waals surface area contributed by atoms with Crippen LogP contribution >= 0.6 is 11.3 Å². The van der Waals surface area contributed by atoms with Gasteiger partial charge in [-0.25, -0.2) is 4.79 Å². The topological polar surface area (TPSA) is 85.3 Å². The number of thiophene rings is 1. The van der Waals surface area contributed by atoms with Crippen molar-refractivity contribution in [3.8, 4) is 6.07 Å². The minimum atomic E-state index is -4.59. The number of nitrogens with two attached hydrogens (primary N) is 1. The van der Waals surface area contributed by atoms with Crippen LogP contribution in [0.2, 0.25) is 0 Å². The maximum Gasteiger partial charge on any atom is 0.417 e. The van der Waals surface area contributed by atoms with E-state index in [9.17, 15) is 23.2 Å². The molecule has 0 saturated carbocycles. The smallest absolute Gasteiger partial charge is 0.417 e. The van der Waals surface area contributed by atoms with Gasteiger partial charge in [0.2, 0.25) is 5.88 Å². The Bertz CT molecular complexity index is 1060. The molecule has 9 heteroatoms. The van der Waals surface area contributed by atoms with E-state index in [2.05, 4.69) is 0 Å². The van der Waals surface area contributed by atoms with Crippen LogP contribution in [-0.4, -0.2) is 12.6 Å². The van der Waals surface area contributed by atoms with Crippen molar-refractivity contribution < 1.29 is 27.4 Å². The van der Waals surface area contributed by atoms with Gasteiger partial charge in [-0.05, 0) is 25.5 Å². The number of ether oxygens (including phenoxy) is 2. The summed E-state index contributed by atoms with van der Waals surface area (Å²) in [6.07, 6.45) is -4.59. The molecular weight excluding hydrogens is 393 g/mol. The Balaban J connectivity index is 2.35. The lowest BCUT2D eigenvalue weighted by Crippen LogP contribution is -2.25. The van der Waals surface area contributed by atoms with Crippen LogP contribution in [0.4, 0.5) is 13.2 Å². The van der Waals surface area contributed by atoms with E-state index in [1.54, 1.807) is 19.1 Å². The second kappa shape index (κ2) is 7.20. The summed E-state index contributed by atoms with van der Waals surface area (Å²) in [5.74, 6) is -2.07. The molecule has 0 aliphatic carbocycles. The van der Waals surface area contributed by atoms with Crippen LogP contribution in [0.1, 0.15) is 30.9 Å². The van der Waals surface area contributed by atoms with Gasteiger partial charge in [0, 0.05) is 15.5 Å². The third-order valence-corrected chi connectivity index (χ3v) is 5.30. The molecule has 5 nitrogen and oxygen atoms in total. The fourth-order valence-electron chi connectivity index (χ4n) is 3.23. The van der Waals surface area contributed by atoms with Gasteiger partial charge < -0.3 is 15.2 Å². The molecule has 1 aliphatic heterocycles. The van der Waals surface area contributed by atoms with Crippen molar-refractivity contribution in [1.29, 1.82) is 5.26 Å². The molecule has 2 heterocycles. The van der Waals surface area contributed by atoms with Crippen LogP contribution in [0.25, 0.3) is 10.1 Å². The molecule has 2 aromatic rings. The molecule has 1 aromatic heterocycles. The predicted molar refractivity (Wildman–Crippen MR) is 96.8 cm³/mol. The first kappa shape index (κ1) is 19.8. The fourth-order valence-corrected chi connectivity index (χ4v) is 4.23. The SMILES string of the molecule is CCOC(=O)C1=C(C)OC(N)=C(C#N)C1c1cccc2scc(C(F)(F)F)c12. The second-order valence-electron chi connectivity index (χ2n) is 5.98. The van der Waals surface area contributed by atoms with E-state index >= 15 is 0 Å². The summed E-state index contributed by atoms with van der Waals surface area (Å²) in [4.78, 5) is 12.6. The van der Waals surface area contributed by atoms with Crippen molar-refractivity contribution in [2.75, 3.05) is 6.61 Å². The standard InChI is InChI=1S/C19H15F3N2O3S/c1-3-26-18(25)14-9(2)27-17(24)11(7-23)15(14)10-5-4-6-13-16(10)12(8-28-13)19(20,21)22/h4-6,8,15H,3,24H2,1-2H3. The second-order valence-corrected chi connectivity index (χ2v) is 6.89. The number of carbonyl (C=O) groups excluding carboxylic acids is 1. The summed E-state index contributed by atoms with van der Waals surface area (Å²) >= 11 is 0.936.